The predicted octanol–water partition coefficient (Wildman–Crippen LogP) is 5.66. The first-order valence-corrected chi connectivity index (χ1v) is 11.6. The van der Waals surface area contributed by atoms with Crippen molar-refractivity contribution in [2.75, 3.05) is 20.6 Å². The average molecular weight is 387 g/mol. The summed E-state index contributed by atoms with van der Waals surface area (Å²) in [6, 6.07) is 0. The molecule has 0 aliphatic carbocycles. The standard InChI is InChI=1S/C18H37NO2.C5H13N/c1-2-3-4-5-6-7-8-9-10-11-12-13-14-15-16-17(20)18(19)21;1-4-5-6(2)3/h17,20H,2-16H2,1H3,(H2,19,21);4-5H2,1-3H3. The molecule has 0 aromatic heterocycles. The zero-order chi connectivity index (χ0) is 20.8. The highest BCUT2D eigenvalue weighted by molar-refractivity contribution is 5.78. The SMILES string of the molecule is CCCCCCCCCCCCCCCCC(O)C(N)=O.CCCN(C)C. The van der Waals surface area contributed by atoms with E-state index in [1.165, 1.54) is 90.0 Å². The number of carbonyl (C=O) groups excluding carboxylic acids is 1. The van der Waals surface area contributed by atoms with Gasteiger partial charge in [0, 0.05) is 0 Å². The molecule has 0 aliphatic rings. The number of hydrogen-bond acceptors (Lipinski definition) is 3. The van der Waals surface area contributed by atoms with Gasteiger partial charge in [0.1, 0.15) is 6.10 Å². The molecule has 0 aromatic carbocycles. The van der Waals surface area contributed by atoms with Crippen molar-refractivity contribution in [1.82, 2.24) is 4.90 Å². The molecular formula is C23H50N2O2. The van der Waals surface area contributed by atoms with E-state index in [-0.39, 0.29) is 0 Å². The van der Waals surface area contributed by atoms with Crippen molar-refractivity contribution in [3.05, 3.63) is 0 Å². The molecule has 0 fully saturated rings. The largest absolute Gasteiger partial charge is 0.383 e. The van der Waals surface area contributed by atoms with E-state index in [2.05, 4.69) is 32.8 Å². The second-order valence-electron chi connectivity index (χ2n) is 8.11. The normalized spacial score (nSPS) is 11.9. The van der Waals surface area contributed by atoms with E-state index in [1.807, 2.05) is 0 Å². The van der Waals surface area contributed by atoms with Crippen LogP contribution < -0.4 is 5.73 Å². The van der Waals surface area contributed by atoms with E-state index in [9.17, 15) is 9.90 Å². The molecule has 1 atom stereocenters. The second kappa shape index (κ2) is 23.4. The Morgan fingerprint density at radius 2 is 1.11 bits per heavy atom. The Bertz CT molecular complexity index is 296. The molecule has 0 saturated heterocycles. The Kier molecular flexibility index (Phi) is 24.8. The molecule has 4 nitrogen and oxygen atoms in total. The van der Waals surface area contributed by atoms with Crippen LogP contribution in [0.2, 0.25) is 0 Å². The molecule has 164 valence electrons. The number of nitrogens with zero attached hydrogens (tertiary/aromatic N) is 1. The van der Waals surface area contributed by atoms with Crippen LogP contribution in [0.15, 0.2) is 0 Å². The summed E-state index contributed by atoms with van der Waals surface area (Å²) in [6.07, 6.45) is 19.2. The van der Waals surface area contributed by atoms with Crippen LogP contribution in [0, 0.1) is 0 Å². The third-order valence-corrected chi connectivity index (χ3v) is 4.83. The first kappa shape index (κ1) is 28.6. The fourth-order valence-electron chi connectivity index (χ4n) is 3.12. The number of aliphatic hydroxyl groups is 1. The maximum absolute atomic E-state index is 10.6. The molecule has 27 heavy (non-hydrogen) atoms. The molecule has 0 heterocycles. The summed E-state index contributed by atoms with van der Waals surface area (Å²) in [5.41, 5.74) is 5.00. The van der Waals surface area contributed by atoms with Gasteiger partial charge in [-0.05, 0) is 33.5 Å². The van der Waals surface area contributed by atoms with Gasteiger partial charge < -0.3 is 15.7 Å². The summed E-state index contributed by atoms with van der Waals surface area (Å²) in [6.45, 7) is 5.65. The van der Waals surface area contributed by atoms with Crippen molar-refractivity contribution < 1.29 is 9.90 Å². The molecule has 0 spiro atoms. The van der Waals surface area contributed by atoms with Crippen LogP contribution in [0.1, 0.15) is 117 Å². The topological polar surface area (TPSA) is 66.6 Å². The summed E-state index contributed by atoms with van der Waals surface area (Å²) in [5, 5.41) is 9.24. The quantitative estimate of drug-likeness (QED) is 0.299. The van der Waals surface area contributed by atoms with Crippen molar-refractivity contribution >= 4 is 5.91 Å². The zero-order valence-electron chi connectivity index (χ0n) is 19.0. The van der Waals surface area contributed by atoms with Gasteiger partial charge in [0.05, 0.1) is 0 Å². The van der Waals surface area contributed by atoms with Gasteiger partial charge in [0.15, 0.2) is 0 Å². The summed E-state index contributed by atoms with van der Waals surface area (Å²) in [4.78, 5) is 12.8. The molecule has 0 saturated carbocycles. The van der Waals surface area contributed by atoms with Crippen LogP contribution >= 0.6 is 0 Å². The maximum atomic E-state index is 10.6. The van der Waals surface area contributed by atoms with Crippen LogP contribution in [-0.4, -0.2) is 42.7 Å². The average Bonchev–Trinajstić information content (AvgIpc) is 2.62. The van der Waals surface area contributed by atoms with Crippen LogP contribution in [0.25, 0.3) is 0 Å². The molecule has 1 unspecified atom stereocenters. The lowest BCUT2D eigenvalue weighted by Gasteiger charge is -2.06. The van der Waals surface area contributed by atoms with Gasteiger partial charge in [0.25, 0.3) is 0 Å². The van der Waals surface area contributed by atoms with E-state index in [1.54, 1.807) is 0 Å². The van der Waals surface area contributed by atoms with Gasteiger partial charge >= 0.3 is 0 Å². The molecule has 0 bridgehead atoms. The van der Waals surface area contributed by atoms with E-state index < -0.39 is 12.0 Å². The molecule has 0 radical (unpaired) electrons. The molecule has 0 aliphatic heterocycles. The Morgan fingerprint density at radius 3 is 1.37 bits per heavy atom. The maximum Gasteiger partial charge on any atom is 0.246 e. The van der Waals surface area contributed by atoms with Crippen molar-refractivity contribution in [2.24, 2.45) is 5.73 Å². The van der Waals surface area contributed by atoms with Gasteiger partial charge in [-0.2, -0.15) is 0 Å². The smallest absolute Gasteiger partial charge is 0.246 e. The minimum atomic E-state index is -0.942. The number of rotatable bonds is 18. The first-order chi connectivity index (χ1) is 13.0. The first-order valence-electron chi connectivity index (χ1n) is 11.6. The third-order valence-electron chi connectivity index (χ3n) is 4.83. The molecular weight excluding hydrogens is 336 g/mol. The Balaban J connectivity index is 0. The minimum absolute atomic E-state index is 0.521. The third kappa shape index (κ3) is 27.7. The Hall–Kier alpha value is -0.610. The Morgan fingerprint density at radius 1 is 0.741 bits per heavy atom. The van der Waals surface area contributed by atoms with Crippen molar-refractivity contribution in [2.45, 2.75) is 123 Å². The van der Waals surface area contributed by atoms with Crippen molar-refractivity contribution in [3.63, 3.8) is 0 Å². The van der Waals surface area contributed by atoms with E-state index >= 15 is 0 Å². The number of primary amides is 1. The molecule has 0 aromatic rings. The van der Waals surface area contributed by atoms with Crippen LogP contribution in [0.4, 0.5) is 0 Å². The lowest BCUT2D eigenvalue weighted by molar-refractivity contribution is -0.126. The summed E-state index contributed by atoms with van der Waals surface area (Å²) < 4.78 is 0. The molecule has 3 N–H and O–H groups in total. The highest BCUT2D eigenvalue weighted by Crippen LogP contribution is 2.13. The highest BCUT2D eigenvalue weighted by Gasteiger charge is 2.09. The molecule has 1 amide bonds. The second-order valence-corrected chi connectivity index (χ2v) is 8.11. The fraction of sp³-hybridized carbons (Fsp3) is 0.957. The van der Waals surface area contributed by atoms with Gasteiger partial charge in [-0.25, -0.2) is 0 Å². The lowest BCUT2D eigenvalue weighted by atomic mass is 10.0. The van der Waals surface area contributed by atoms with E-state index in [0.29, 0.717) is 6.42 Å². The number of hydrogen-bond donors (Lipinski definition) is 2. The van der Waals surface area contributed by atoms with E-state index in [0.717, 1.165) is 12.8 Å². The molecule has 0 rings (SSSR count). The predicted molar refractivity (Wildman–Crippen MR) is 119 cm³/mol. The van der Waals surface area contributed by atoms with Gasteiger partial charge in [-0.15, -0.1) is 0 Å². The van der Waals surface area contributed by atoms with Crippen LogP contribution in [-0.2, 0) is 4.79 Å². The van der Waals surface area contributed by atoms with Crippen molar-refractivity contribution in [3.8, 4) is 0 Å². The summed E-state index contributed by atoms with van der Waals surface area (Å²) in [7, 11) is 4.17. The summed E-state index contributed by atoms with van der Waals surface area (Å²) in [5.74, 6) is -0.593. The zero-order valence-corrected chi connectivity index (χ0v) is 19.0. The number of aliphatic hydroxyl groups excluding tert-OH is 1. The summed E-state index contributed by atoms with van der Waals surface area (Å²) >= 11 is 0. The fourth-order valence-corrected chi connectivity index (χ4v) is 3.12. The van der Waals surface area contributed by atoms with Gasteiger partial charge in [0.2, 0.25) is 5.91 Å². The van der Waals surface area contributed by atoms with Gasteiger partial charge in [-0.1, -0.05) is 104 Å². The molecule has 4 heteroatoms. The van der Waals surface area contributed by atoms with Crippen molar-refractivity contribution in [1.29, 1.82) is 0 Å². The number of amides is 1. The Labute approximate surface area is 170 Å². The van der Waals surface area contributed by atoms with Crippen LogP contribution in [0.5, 0.6) is 0 Å². The number of nitrogens with two attached hydrogens (primary N) is 1. The lowest BCUT2D eigenvalue weighted by Crippen LogP contribution is -2.27. The number of unbranched alkanes of at least 4 members (excludes halogenated alkanes) is 13. The highest BCUT2D eigenvalue weighted by atomic mass is 16.3. The van der Waals surface area contributed by atoms with Crippen LogP contribution in [0.3, 0.4) is 0 Å². The number of carbonyl (C=O) groups is 1. The van der Waals surface area contributed by atoms with E-state index in [4.69, 9.17) is 5.73 Å². The van der Waals surface area contributed by atoms with Gasteiger partial charge in [-0.3, -0.25) is 4.79 Å². The monoisotopic (exact) mass is 386 g/mol. The minimum Gasteiger partial charge on any atom is -0.383 e.